The molecule has 2 unspecified atom stereocenters. The molecule has 0 amide bonds. The highest BCUT2D eigenvalue weighted by Gasteiger charge is 2.42. The maximum absolute atomic E-state index is 9.93. The predicted molar refractivity (Wildman–Crippen MR) is 93.6 cm³/mol. The number of aliphatic hydroxyl groups is 4. The van der Waals surface area contributed by atoms with Crippen molar-refractivity contribution in [3.05, 3.63) is 0 Å². The van der Waals surface area contributed by atoms with Gasteiger partial charge in [0.1, 0.15) is 30.6 Å². The molecule has 0 saturated carbocycles. The van der Waals surface area contributed by atoms with Crippen molar-refractivity contribution in [2.45, 2.75) is 102 Å². The number of hydrogen-bond acceptors (Lipinski definition) is 6. The van der Waals surface area contributed by atoms with E-state index in [0.717, 1.165) is 19.3 Å². The smallest absolute Gasteiger partial charge is 0.137 e. The molecular formula is C18H37NO5. The van der Waals surface area contributed by atoms with E-state index in [1.54, 1.807) is 0 Å². The van der Waals surface area contributed by atoms with Crippen LogP contribution in [0.2, 0.25) is 0 Å². The second-order valence-electron chi connectivity index (χ2n) is 6.71. The van der Waals surface area contributed by atoms with Crippen LogP contribution in [0.4, 0.5) is 0 Å². The summed E-state index contributed by atoms with van der Waals surface area (Å²) < 4.78 is 13.4. The maximum atomic E-state index is 9.93. The molecule has 144 valence electrons. The first-order chi connectivity index (χ1) is 12.0. The average molecular weight is 349 g/mol. The van der Waals surface area contributed by atoms with Gasteiger partial charge in [0.15, 0.2) is 0 Å². The quantitative estimate of drug-likeness (QED) is 0.322. The SMILES string of the molecule is [2H]C(CCCCCCCCCC)CNC1O[C@H](CO)[C@@H](O)[C@H](O)[C@H]1O. The van der Waals surface area contributed by atoms with E-state index >= 15 is 0 Å². The van der Waals surface area contributed by atoms with Crippen molar-refractivity contribution in [1.82, 2.24) is 5.32 Å². The number of ether oxygens (including phenoxy) is 1. The van der Waals surface area contributed by atoms with E-state index in [1.807, 2.05) is 0 Å². The zero-order valence-corrected chi connectivity index (χ0v) is 14.9. The number of nitrogens with one attached hydrogen (secondary N) is 1. The molecule has 24 heavy (non-hydrogen) atoms. The van der Waals surface area contributed by atoms with Gasteiger partial charge in [-0.15, -0.1) is 0 Å². The van der Waals surface area contributed by atoms with Crippen LogP contribution in [0.5, 0.6) is 0 Å². The Balaban J connectivity index is 2.13. The summed E-state index contributed by atoms with van der Waals surface area (Å²) >= 11 is 0. The summed E-state index contributed by atoms with van der Waals surface area (Å²) in [7, 11) is 0. The third-order valence-electron chi connectivity index (χ3n) is 4.62. The second-order valence-corrected chi connectivity index (χ2v) is 6.71. The highest BCUT2D eigenvalue weighted by atomic mass is 16.6. The van der Waals surface area contributed by atoms with Crippen LogP contribution in [0.25, 0.3) is 0 Å². The minimum Gasteiger partial charge on any atom is -0.394 e. The summed E-state index contributed by atoms with van der Waals surface area (Å²) in [6.45, 7) is 2.11. The molecule has 1 rings (SSSR count). The Bertz CT molecular complexity index is 335. The van der Waals surface area contributed by atoms with E-state index in [0.29, 0.717) is 6.54 Å². The summed E-state index contributed by atoms with van der Waals surface area (Å²) in [4.78, 5) is 0. The van der Waals surface area contributed by atoms with Gasteiger partial charge in [0.05, 0.1) is 6.61 Å². The molecule has 0 aromatic heterocycles. The van der Waals surface area contributed by atoms with Crippen LogP contribution in [0, 0.1) is 0 Å². The molecule has 6 heteroatoms. The molecule has 0 aromatic carbocycles. The van der Waals surface area contributed by atoms with Gasteiger partial charge in [-0.25, -0.2) is 0 Å². The molecule has 1 heterocycles. The lowest BCUT2D eigenvalue weighted by atomic mass is 9.98. The van der Waals surface area contributed by atoms with Crippen molar-refractivity contribution >= 4 is 0 Å². The van der Waals surface area contributed by atoms with Crippen molar-refractivity contribution in [2.24, 2.45) is 0 Å². The average Bonchev–Trinajstić information content (AvgIpc) is 2.61. The van der Waals surface area contributed by atoms with Crippen LogP contribution in [0.3, 0.4) is 0 Å². The largest absolute Gasteiger partial charge is 0.394 e. The zero-order valence-electron chi connectivity index (χ0n) is 15.9. The highest BCUT2D eigenvalue weighted by Crippen LogP contribution is 2.19. The van der Waals surface area contributed by atoms with Gasteiger partial charge in [-0.05, 0) is 12.9 Å². The molecule has 0 bridgehead atoms. The summed E-state index contributed by atoms with van der Waals surface area (Å²) in [5, 5.41) is 41.5. The second kappa shape index (κ2) is 13.0. The Hall–Kier alpha value is -0.240. The van der Waals surface area contributed by atoms with E-state index in [2.05, 4.69) is 12.2 Å². The van der Waals surface area contributed by atoms with E-state index < -0.39 is 37.3 Å². The first-order valence-electron chi connectivity index (χ1n) is 10.0. The molecule has 0 aliphatic carbocycles. The normalized spacial score (nSPS) is 32.5. The standard InChI is InChI=1S/C18H37NO5/c1-2-3-4-5-6-7-8-9-10-11-12-19-18-17(23)16(22)15(21)14(13-20)24-18/h14-23H,2-13H2,1H3/t14-,15-,16+,17-,18?/m1/s1/i11D/t11?,14-,15-,16+,17-,18?. The monoisotopic (exact) mass is 348 g/mol. The number of rotatable bonds is 13. The van der Waals surface area contributed by atoms with Gasteiger partial charge < -0.3 is 25.2 Å². The molecular weight excluding hydrogens is 310 g/mol. The lowest BCUT2D eigenvalue weighted by Crippen LogP contribution is -2.62. The van der Waals surface area contributed by atoms with Crippen molar-refractivity contribution < 1.29 is 26.5 Å². The van der Waals surface area contributed by atoms with E-state index in [-0.39, 0.29) is 6.40 Å². The predicted octanol–water partition coefficient (Wildman–Crippen LogP) is 1.30. The highest BCUT2D eigenvalue weighted by molar-refractivity contribution is 4.90. The van der Waals surface area contributed by atoms with E-state index in [9.17, 15) is 15.3 Å². The fourth-order valence-electron chi connectivity index (χ4n) is 2.99. The molecule has 6 atom stereocenters. The number of unbranched alkanes of at least 4 members (excludes halogenated alkanes) is 7. The van der Waals surface area contributed by atoms with Crippen LogP contribution in [0.15, 0.2) is 0 Å². The Morgan fingerprint density at radius 3 is 2.04 bits per heavy atom. The van der Waals surface area contributed by atoms with Gasteiger partial charge in [-0.1, -0.05) is 64.7 Å². The maximum Gasteiger partial charge on any atom is 0.137 e. The zero-order chi connectivity index (χ0) is 18.7. The molecule has 6 nitrogen and oxygen atoms in total. The number of hydrogen-bond donors (Lipinski definition) is 5. The topological polar surface area (TPSA) is 102 Å². The summed E-state index contributed by atoms with van der Waals surface area (Å²) in [6, 6.07) is 0. The lowest BCUT2D eigenvalue weighted by molar-refractivity contribution is -0.236. The van der Waals surface area contributed by atoms with Crippen LogP contribution in [0.1, 0.15) is 72.5 Å². The lowest BCUT2D eigenvalue weighted by Gasteiger charge is -2.40. The van der Waals surface area contributed by atoms with Crippen LogP contribution >= 0.6 is 0 Å². The summed E-state index contributed by atoms with van der Waals surface area (Å²) in [5.41, 5.74) is 0. The van der Waals surface area contributed by atoms with Gasteiger partial charge in [-0.2, -0.15) is 0 Å². The fourth-order valence-corrected chi connectivity index (χ4v) is 2.99. The molecule has 1 fully saturated rings. The Morgan fingerprint density at radius 2 is 1.46 bits per heavy atom. The van der Waals surface area contributed by atoms with Gasteiger partial charge in [0.25, 0.3) is 0 Å². The number of aliphatic hydroxyl groups excluding tert-OH is 4. The first kappa shape index (κ1) is 20.1. The van der Waals surface area contributed by atoms with Gasteiger partial charge in [0, 0.05) is 1.37 Å². The third kappa shape index (κ3) is 7.76. The third-order valence-corrected chi connectivity index (χ3v) is 4.62. The van der Waals surface area contributed by atoms with Crippen molar-refractivity contribution in [1.29, 1.82) is 0 Å². The first-order valence-corrected chi connectivity index (χ1v) is 9.47. The molecule has 0 radical (unpaired) electrons. The van der Waals surface area contributed by atoms with E-state index in [1.165, 1.54) is 38.5 Å². The van der Waals surface area contributed by atoms with Gasteiger partial charge >= 0.3 is 0 Å². The summed E-state index contributed by atoms with van der Waals surface area (Å²) in [6.07, 6.45) is 4.51. The molecule has 0 aromatic rings. The Kier molecular flexibility index (Phi) is 10.9. The van der Waals surface area contributed by atoms with Crippen LogP contribution < -0.4 is 5.32 Å². The molecule has 0 spiro atoms. The van der Waals surface area contributed by atoms with Crippen LogP contribution in [-0.2, 0) is 4.74 Å². The van der Waals surface area contributed by atoms with Gasteiger partial charge in [0.2, 0.25) is 0 Å². The fraction of sp³-hybridized carbons (Fsp3) is 1.00. The molecule has 5 N–H and O–H groups in total. The minimum absolute atomic E-state index is 0.313. The van der Waals surface area contributed by atoms with Crippen molar-refractivity contribution in [3.8, 4) is 0 Å². The molecule has 1 saturated heterocycles. The molecule has 1 aliphatic heterocycles. The Morgan fingerprint density at radius 1 is 0.875 bits per heavy atom. The van der Waals surface area contributed by atoms with Crippen molar-refractivity contribution in [2.75, 3.05) is 13.2 Å². The summed E-state index contributed by atoms with van der Waals surface area (Å²) in [5.74, 6) is 0. The van der Waals surface area contributed by atoms with Gasteiger partial charge in [-0.3, -0.25) is 5.32 Å². The molecule has 1 aliphatic rings. The minimum atomic E-state index is -1.37. The van der Waals surface area contributed by atoms with E-state index in [4.69, 9.17) is 11.2 Å². The van der Waals surface area contributed by atoms with Crippen molar-refractivity contribution in [3.63, 3.8) is 0 Å². The van der Waals surface area contributed by atoms with Crippen LogP contribution in [-0.4, -0.2) is 64.2 Å². The Labute approximate surface area is 147 Å².